The molecular formula is C9H12BrNO4S2. The Morgan fingerprint density at radius 3 is 2.06 bits per heavy atom. The Kier molecular flexibility index (Phi) is 4.70. The third-order valence-corrected chi connectivity index (χ3v) is 5.26. The van der Waals surface area contributed by atoms with E-state index in [4.69, 9.17) is 0 Å². The zero-order chi connectivity index (χ0) is 13.1. The van der Waals surface area contributed by atoms with Crippen molar-refractivity contribution in [1.29, 1.82) is 0 Å². The maximum absolute atomic E-state index is 11.6. The third kappa shape index (κ3) is 4.74. The Hall–Kier alpha value is -0.440. The lowest BCUT2D eigenvalue weighted by Crippen LogP contribution is -2.29. The van der Waals surface area contributed by atoms with E-state index in [1.807, 2.05) is 0 Å². The molecule has 0 bridgehead atoms. The Labute approximate surface area is 109 Å². The minimum Gasteiger partial charge on any atom is -0.212 e. The van der Waals surface area contributed by atoms with Crippen molar-refractivity contribution in [2.45, 2.75) is 11.3 Å². The van der Waals surface area contributed by atoms with Gasteiger partial charge in [0.1, 0.15) is 0 Å². The van der Waals surface area contributed by atoms with E-state index < -0.39 is 20.0 Å². The van der Waals surface area contributed by atoms with Crippen LogP contribution in [0.4, 0.5) is 0 Å². The van der Waals surface area contributed by atoms with Crippen molar-refractivity contribution in [3.8, 4) is 0 Å². The van der Waals surface area contributed by atoms with E-state index in [2.05, 4.69) is 15.9 Å². The fourth-order valence-corrected chi connectivity index (χ4v) is 4.12. The van der Waals surface area contributed by atoms with Crippen molar-refractivity contribution in [3.63, 3.8) is 0 Å². The van der Waals surface area contributed by atoms with Gasteiger partial charge in [0.05, 0.1) is 11.2 Å². The fourth-order valence-electron chi connectivity index (χ4n) is 1.19. The number of alkyl halides is 1. The SMILES string of the molecule is CS(=O)(=O)NS(=O)(=O)c1ccc(CCBr)cc1. The van der Waals surface area contributed by atoms with Crippen molar-refractivity contribution in [3.05, 3.63) is 29.8 Å². The van der Waals surface area contributed by atoms with Crippen molar-refractivity contribution in [1.82, 2.24) is 4.13 Å². The highest BCUT2D eigenvalue weighted by molar-refractivity contribution is 9.09. The first kappa shape index (κ1) is 14.6. The molecule has 0 aliphatic carbocycles. The predicted octanol–water partition coefficient (Wildman–Crippen LogP) is 0.862. The average molecular weight is 342 g/mol. The highest BCUT2D eigenvalue weighted by Crippen LogP contribution is 2.12. The number of nitrogens with one attached hydrogen (secondary N) is 1. The largest absolute Gasteiger partial charge is 0.253 e. The molecular weight excluding hydrogens is 330 g/mol. The summed E-state index contributed by atoms with van der Waals surface area (Å²) in [4.78, 5) is -0.0683. The summed E-state index contributed by atoms with van der Waals surface area (Å²) >= 11 is 3.27. The molecule has 1 aromatic carbocycles. The van der Waals surface area contributed by atoms with Gasteiger partial charge in [-0.15, -0.1) is 4.13 Å². The van der Waals surface area contributed by atoms with Gasteiger partial charge in [-0.2, -0.15) is 0 Å². The van der Waals surface area contributed by atoms with Gasteiger partial charge < -0.3 is 0 Å². The quantitative estimate of drug-likeness (QED) is 0.805. The van der Waals surface area contributed by atoms with Crippen LogP contribution in [0.5, 0.6) is 0 Å². The molecule has 1 rings (SSSR count). The molecule has 0 aromatic heterocycles. The van der Waals surface area contributed by atoms with Gasteiger partial charge in [-0.3, -0.25) is 0 Å². The Morgan fingerprint density at radius 1 is 1.12 bits per heavy atom. The van der Waals surface area contributed by atoms with E-state index in [1.165, 1.54) is 12.1 Å². The van der Waals surface area contributed by atoms with Gasteiger partial charge in [0.2, 0.25) is 10.0 Å². The first-order valence-electron chi connectivity index (χ1n) is 4.63. The lowest BCUT2D eigenvalue weighted by atomic mass is 10.2. The summed E-state index contributed by atoms with van der Waals surface area (Å²) in [7, 11) is -7.80. The lowest BCUT2D eigenvalue weighted by Gasteiger charge is -2.05. The normalized spacial score (nSPS) is 12.6. The summed E-state index contributed by atoms with van der Waals surface area (Å²) in [5.74, 6) is 0. The third-order valence-electron chi connectivity index (χ3n) is 1.88. The summed E-state index contributed by atoms with van der Waals surface area (Å²) in [5, 5.41) is 0.778. The zero-order valence-corrected chi connectivity index (χ0v) is 12.3. The average Bonchev–Trinajstić information content (AvgIpc) is 2.15. The highest BCUT2D eigenvalue weighted by Gasteiger charge is 2.18. The second-order valence-corrected chi connectivity index (χ2v) is 7.92. The molecule has 0 radical (unpaired) electrons. The van der Waals surface area contributed by atoms with Gasteiger partial charge in [-0.25, -0.2) is 16.8 Å². The molecule has 0 spiro atoms. The van der Waals surface area contributed by atoms with Gasteiger partial charge >= 0.3 is 0 Å². The summed E-state index contributed by atoms with van der Waals surface area (Å²) in [6, 6.07) is 6.06. The molecule has 8 heteroatoms. The van der Waals surface area contributed by atoms with Crippen LogP contribution in [-0.4, -0.2) is 28.4 Å². The number of hydrogen-bond donors (Lipinski definition) is 1. The molecule has 96 valence electrons. The number of aryl methyl sites for hydroxylation is 1. The minimum absolute atomic E-state index is 0.0683. The summed E-state index contributed by atoms with van der Waals surface area (Å²) in [6.45, 7) is 0. The first-order valence-corrected chi connectivity index (χ1v) is 9.13. The second-order valence-electron chi connectivity index (χ2n) is 3.44. The maximum Gasteiger partial charge on any atom is 0.253 e. The van der Waals surface area contributed by atoms with Crippen molar-refractivity contribution >= 4 is 36.0 Å². The molecule has 0 saturated carbocycles. The van der Waals surface area contributed by atoms with Crippen molar-refractivity contribution < 1.29 is 16.8 Å². The van der Waals surface area contributed by atoms with E-state index in [1.54, 1.807) is 16.3 Å². The number of sulfonamides is 2. The molecule has 0 atom stereocenters. The monoisotopic (exact) mass is 341 g/mol. The molecule has 0 saturated heterocycles. The molecule has 1 N–H and O–H groups in total. The number of hydrogen-bond acceptors (Lipinski definition) is 4. The zero-order valence-electron chi connectivity index (χ0n) is 9.05. The molecule has 17 heavy (non-hydrogen) atoms. The van der Waals surface area contributed by atoms with Crippen LogP contribution in [0.2, 0.25) is 0 Å². The summed E-state index contributed by atoms with van der Waals surface area (Å²) in [5.41, 5.74) is 0.972. The molecule has 0 amide bonds. The maximum atomic E-state index is 11.6. The second kappa shape index (κ2) is 5.47. The Morgan fingerprint density at radius 2 is 1.65 bits per heavy atom. The van der Waals surface area contributed by atoms with E-state index in [-0.39, 0.29) is 4.90 Å². The molecule has 0 aliphatic heterocycles. The van der Waals surface area contributed by atoms with Gasteiger partial charge in [0.15, 0.2) is 0 Å². The number of benzene rings is 1. The van der Waals surface area contributed by atoms with Crippen LogP contribution in [0.15, 0.2) is 29.2 Å². The van der Waals surface area contributed by atoms with Crippen LogP contribution < -0.4 is 4.13 Å². The molecule has 0 heterocycles. The van der Waals surface area contributed by atoms with Gasteiger partial charge in [-0.05, 0) is 24.1 Å². The highest BCUT2D eigenvalue weighted by atomic mass is 79.9. The van der Waals surface area contributed by atoms with E-state index in [9.17, 15) is 16.8 Å². The van der Waals surface area contributed by atoms with E-state index in [0.717, 1.165) is 23.6 Å². The van der Waals surface area contributed by atoms with Crippen LogP contribution in [-0.2, 0) is 26.5 Å². The van der Waals surface area contributed by atoms with Crippen LogP contribution in [0.25, 0.3) is 0 Å². The van der Waals surface area contributed by atoms with Crippen molar-refractivity contribution in [2.75, 3.05) is 11.6 Å². The summed E-state index contributed by atoms with van der Waals surface area (Å²) in [6.07, 6.45) is 1.57. The van der Waals surface area contributed by atoms with Crippen LogP contribution in [0.3, 0.4) is 0 Å². The number of rotatable bonds is 5. The predicted molar refractivity (Wildman–Crippen MR) is 69.1 cm³/mol. The molecule has 0 unspecified atom stereocenters. The van der Waals surface area contributed by atoms with Gasteiger partial charge in [-0.1, -0.05) is 28.1 Å². The van der Waals surface area contributed by atoms with Crippen LogP contribution in [0, 0.1) is 0 Å². The van der Waals surface area contributed by atoms with Crippen LogP contribution in [0.1, 0.15) is 5.56 Å². The lowest BCUT2D eigenvalue weighted by molar-refractivity contribution is 0.580. The van der Waals surface area contributed by atoms with Crippen molar-refractivity contribution in [2.24, 2.45) is 0 Å². The van der Waals surface area contributed by atoms with Gasteiger partial charge in [0.25, 0.3) is 10.0 Å². The Bertz CT molecular complexity index is 578. The molecule has 0 fully saturated rings. The first-order chi connectivity index (χ1) is 7.74. The Balaban J connectivity index is 3.01. The van der Waals surface area contributed by atoms with Crippen LogP contribution >= 0.6 is 15.9 Å². The van der Waals surface area contributed by atoms with E-state index >= 15 is 0 Å². The topological polar surface area (TPSA) is 80.3 Å². The molecule has 1 aromatic rings. The smallest absolute Gasteiger partial charge is 0.212 e. The summed E-state index contributed by atoms with van der Waals surface area (Å²) < 4.78 is 46.6. The minimum atomic E-state index is -4.00. The standard InChI is InChI=1S/C9H12BrNO4S2/c1-16(12,13)11-17(14,15)9-4-2-8(3-5-9)6-7-10/h2-5,11H,6-7H2,1H3. The molecule has 5 nitrogen and oxygen atoms in total. The van der Waals surface area contributed by atoms with Gasteiger partial charge in [0, 0.05) is 5.33 Å². The fraction of sp³-hybridized carbons (Fsp3) is 0.333. The molecule has 0 aliphatic rings. The number of halogens is 1. The van der Waals surface area contributed by atoms with E-state index in [0.29, 0.717) is 0 Å².